The molecule has 0 aliphatic rings. The fourth-order valence-corrected chi connectivity index (χ4v) is 4.01. The summed E-state index contributed by atoms with van der Waals surface area (Å²) in [7, 11) is 0. The van der Waals surface area contributed by atoms with Gasteiger partial charge in [-0.3, -0.25) is 9.59 Å². The van der Waals surface area contributed by atoms with E-state index in [1.807, 2.05) is 30.3 Å². The second-order valence-corrected chi connectivity index (χ2v) is 7.90. The van der Waals surface area contributed by atoms with E-state index in [1.165, 1.54) is 18.3 Å². The molecule has 7 nitrogen and oxygen atoms in total. The maximum Gasteiger partial charge on any atom is 0.308 e. The third-order valence-corrected chi connectivity index (χ3v) is 5.20. The highest BCUT2D eigenvalue weighted by Crippen LogP contribution is 2.31. The molecule has 10 heteroatoms. The highest BCUT2D eigenvalue weighted by molar-refractivity contribution is 8.15. The zero-order chi connectivity index (χ0) is 19.9. The van der Waals surface area contributed by atoms with Crippen molar-refractivity contribution in [1.82, 2.24) is 10.2 Å². The van der Waals surface area contributed by atoms with Gasteiger partial charge in [-0.05, 0) is 48.2 Å². The first-order chi connectivity index (χ1) is 13.5. The van der Waals surface area contributed by atoms with Crippen LogP contribution < -0.4 is 15.4 Å². The van der Waals surface area contributed by atoms with Gasteiger partial charge in [-0.25, -0.2) is 0 Å². The molecule has 0 aliphatic heterocycles. The third-order valence-electron chi connectivity index (χ3n) is 3.20. The number of hydrogen-bond acceptors (Lipinski definition) is 8. The fraction of sp³-hybridized carbons (Fsp3) is 0.0556. The predicted octanol–water partition coefficient (Wildman–Crippen LogP) is 4.20. The van der Waals surface area contributed by atoms with Crippen molar-refractivity contribution in [2.75, 3.05) is 10.6 Å². The normalized spacial score (nSPS) is 10.2. The Balaban J connectivity index is 1.62. The van der Waals surface area contributed by atoms with Crippen LogP contribution in [0.25, 0.3) is 0 Å². The minimum Gasteiger partial charge on any atom is -0.426 e. The SMILES string of the molecule is CC(=O)Oc1ccccc1C(=O)Sc1nnc(NC(=S)Nc2ccccc2)s1. The molecule has 1 heterocycles. The zero-order valence-electron chi connectivity index (χ0n) is 14.5. The van der Waals surface area contributed by atoms with Gasteiger partial charge in [-0.1, -0.05) is 41.7 Å². The molecule has 1 aromatic heterocycles. The van der Waals surface area contributed by atoms with Crippen LogP contribution in [0, 0.1) is 0 Å². The van der Waals surface area contributed by atoms with Gasteiger partial charge < -0.3 is 15.4 Å². The van der Waals surface area contributed by atoms with Crippen LogP contribution in [0.1, 0.15) is 17.3 Å². The van der Waals surface area contributed by atoms with E-state index in [2.05, 4.69) is 20.8 Å². The van der Waals surface area contributed by atoms with Gasteiger partial charge in [-0.15, -0.1) is 10.2 Å². The van der Waals surface area contributed by atoms with Crippen LogP contribution >= 0.6 is 35.3 Å². The second kappa shape index (κ2) is 9.40. The third kappa shape index (κ3) is 5.59. The van der Waals surface area contributed by atoms with Crippen molar-refractivity contribution in [3.63, 3.8) is 0 Å². The van der Waals surface area contributed by atoms with Crippen molar-refractivity contribution >= 4 is 62.3 Å². The topological polar surface area (TPSA) is 93.2 Å². The molecule has 2 N–H and O–H groups in total. The summed E-state index contributed by atoms with van der Waals surface area (Å²) in [6.45, 7) is 1.28. The van der Waals surface area contributed by atoms with E-state index in [0.717, 1.165) is 17.4 Å². The number of thiocarbonyl (C=S) groups is 1. The highest BCUT2D eigenvalue weighted by atomic mass is 32.2. The van der Waals surface area contributed by atoms with Crippen molar-refractivity contribution in [3.05, 3.63) is 60.2 Å². The molecule has 3 rings (SSSR count). The number of carbonyl (C=O) groups is 2. The molecule has 28 heavy (non-hydrogen) atoms. The molecule has 142 valence electrons. The van der Waals surface area contributed by atoms with Gasteiger partial charge in [0.15, 0.2) is 9.45 Å². The minimum absolute atomic E-state index is 0.212. The average Bonchev–Trinajstić information content (AvgIpc) is 3.09. The Kier molecular flexibility index (Phi) is 6.69. The highest BCUT2D eigenvalue weighted by Gasteiger charge is 2.17. The number of anilines is 2. The lowest BCUT2D eigenvalue weighted by Crippen LogP contribution is -2.18. The number of esters is 1. The van der Waals surface area contributed by atoms with Crippen LogP contribution in [0.2, 0.25) is 0 Å². The molecule has 0 radical (unpaired) electrons. The van der Waals surface area contributed by atoms with Crippen LogP contribution in [0.15, 0.2) is 58.9 Å². The second-order valence-electron chi connectivity index (χ2n) is 5.30. The van der Waals surface area contributed by atoms with Gasteiger partial charge in [0.1, 0.15) is 5.75 Å². The first kappa shape index (κ1) is 19.9. The lowest BCUT2D eigenvalue weighted by Gasteiger charge is -2.07. The van der Waals surface area contributed by atoms with Crippen LogP contribution in [0.3, 0.4) is 0 Å². The zero-order valence-corrected chi connectivity index (χ0v) is 17.0. The molecular formula is C18H14N4O3S3. The number of nitrogens with one attached hydrogen (secondary N) is 2. The van der Waals surface area contributed by atoms with Gasteiger partial charge in [0.05, 0.1) is 5.56 Å². The van der Waals surface area contributed by atoms with Crippen molar-refractivity contribution < 1.29 is 14.3 Å². The molecule has 0 spiro atoms. The van der Waals surface area contributed by atoms with E-state index in [-0.39, 0.29) is 16.4 Å². The summed E-state index contributed by atoms with van der Waals surface area (Å²) in [6, 6.07) is 16.0. The van der Waals surface area contributed by atoms with Gasteiger partial charge in [0.2, 0.25) is 10.2 Å². The van der Waals surface area contributed by atoms with Crippen molar-refractivity contribution in [1.29, 1.82) is 0 Å². The van der Waals surface area contributed by atoms with Crippen molar-refractivity contribution in [2.45, 2.75) is 11.3 Å². The summed E-state index contributed by atoms with van der Waals surface area (Å²) in [5.74, 6) is -0.282. The summed E-state index contributed by atoms with van der Waals surface area (Å²) in [6.07, 6.45) is 0. The van der Waals surface area contributed by atoms with Crippen LogP contribution in [-0.4, -0.2) is 26.4 Å². The molecule has 0 amide bonds. The van der Waals surface area contributed by atoms with Crippen LogP contribution in [0.5, 0.6) is 5.75 Å². The molecule has 2 aromatic carbocycles. The lowest BCUT2D eigenvalue weighted by atomic mass is 10.2. The number of rotatable bonds is 5. The van der Waals surface area contributed by atoms with E-state index >= 15 is 0 Å². The summed E-state index contributed by atoms with van der Waals surface area (Å²) < 4.78 is 5.51. The number of ether oxygens (including phenoxy) is 1. The maximum atomic E-state index is 12.5. The van der Waals surface area contributed by atoms with Crippen LogP contribution in [0.4, 0.5) is 10.8 Å². The van der Waals surface area contributed by atoms with Gasteiger partial charge in [0.25, 0.3) is 0 Å². The Morgan fingerprint density at radius 3 is 2.50 bits per heavy atom. The monoisotopic (exact) mass is 430 g/mol. The van der Waals surface area contributed by atoms with E-state index in [1.54, 1.807) is 24.3 Å². The smallest absolute Gasteiger partial charge is 0.308 e. The summed E-state index contributed by atoms with van der Waals surface area (Å²) in [5.41, 5.74) is 1.13. The number of hydrogen-bond donors (Lipinski definition) is 2. The van der Waals surface area contributed by atoms with Gasteiger partial charge in [-0.2, -0.15) is 0 Å². The Morgan fingerprint density at radius 1 is 1.04 bits per heavy atom. The Bertz CT molecular complexity index is 1010. The summed E-state index contributed by atoms with van der Waals surface area (Å²) >= 11 is 7.33. The number of carbonyl (C=O) groups excluding carboxylic acids is 2. The van der Waals surface area contributed by atoms with Gasteiger partial charge >= 0.3 is 5.97 Å². The van der Waals surface area contributed by atoms with E-state index < -0.39 is 5.97 Å². The number of nitrogens with zero attached hydrogens (tertiary/aromatic N) is 2. The van der Waals surface area contributed by atoms with E-state index in [0.29, 0.717) is 14.6 Å². The Hall–Kier alpha value is -2.82. The van der Waals surface area contributed by atoms with E-state index in [4.69, 9.17) is 17.0 Å². The standard InChI is InChI=1S/C18H14N4O3S3/c1-11(23)25-14-10-6-5-9-13(14)15(24)27-18-22-21-17(28-18)20-16(26)19-12-7-3-2-4-8-12/h2-10H,1H3,(H2,19,20,21,26). The number of thioether (sulfide) groups is 1. The number of para-hydroxylation sites is 2. The quantitative estimate of drug-likeness (QED) is 0.267. The van der Waals surface area contributed by atoms with Gasteiger partial charge in [0, 0.05) is 12.6 Å². The first-order valence-electron chi connectivity index (χ1n) is 7.97. The van der Waals surface area contributed by atoms with Crippen LogP contribution in [-0.2, 0) is 4.79 Å². The maximum absolute atomic E-state index is 12.5. The Morgan fingerprint density at radius 2 is 1.75 bits per heavy atom. The molecule has 0 aliphatic carbocycles. The molecule has 0 saturated heterocycles. The average molecular weight is 431 g/mol. The molecule has 0 unspecified atom stereocenters. The fourth-order valence-electron chi connectivity index (χ4n) is 2.10. The summed E-state index contributed by atoms with van der Waals surface area (Å²) in [4.78, 5) is 23.7. The minimum atomic E-state index is -0.493. The molecule has 0 fully saturated rings. The Labute approximate surface area is 174 Å². The first-order valence-corrected chi connectivity index (χ1v) is 10.0. The van der Waals surface area contributed by atoms with Crippen molar-refractivity contribution in [3.8, 4) is 5.75 Å². The predicted molar refractivity (Wildman–Crippen MR) is 114 cm³/mol. The molecule has 0 saturated carbocycles. The molecule has 0 bridgehead atoms. The number of benzene rings is 2. The molecule has 3 aromatic rings. The largest absolute Gasteiger partial charge is 0.426 e. The summed E-state index contributed by atoms with van der Waals surface area (Å²) in [5, 5.41) is 14.5. The van der Waals surface area contributed by atoms with Crippen molar-refractivity contribution in [2.24, 2.45) is 0 Å². The molecule has 0 atom stereocenters. The van der Waals surface area contributed by atoms with E-state index in [9.17, 15) is 9.59 Å². The lowest BCUT2D eigenvalue weighted by molar-refractivity contribution is -0.131. The number of aromatic nitrogens is 2. The molecular weight excluding hydrogens is 416 g/mol.